The smallest absolute Gasteiger partial charge is 0.295 e. The number of Topliss-reactive ketones (excluding diaryl/α,β-unsaturated/α-hetero) is 1. The lowest BCUT2D eigenvalue weighted by Gasteiger charge is -2.35. The zero-order valence-corrected chi connectivity index (χ0v) is 19.1. The largest absolute Gasteiger partial charge is 0.507 e. The fraction of sp³-hybridized carbons (Fsp3) is 0.407. The van der Waals surface area contributed by atoms with Crippen molar-refractivity contribution in [2.45, 2.75) is 65.0 Å². The molecule has 1 saturated carbocycles. The summed E-state index contributed by atoms with van der Waals surface area (Å²) in [5.41, 5.74) is 3.62. The maximum absolute atomic E-state index is 13.3. The molecule has 0 spiro atoms. The molecule has 5 heteroatoms. The Morgan fingerprint density at radius 3 is 2.47 bits per heavy atom. The fourth-order valence-electron chi connectivity index (χ4n) is 4.90. The van der Waals surface area contributed by atoms with Crippen molar-refractivity contribution in [1.82, 2.24) is 4.90 Å². The summed E-state index contributed by atoms with van der Waals surface area (Å²) in [5, 5.41) is 11.3. The van der Waals surface area contributed by atoms with Crippen LogP contribution in [0.25, 0.3) is 5.76 Å². The van der Waals surface area contributed by atoms with E-state index in [1.165, 1.54) is 0 Å². The second-order valence-electron chi connectivity index (χ2n) is 8.80. The Balaban J connectivity index is 1.88. The number of aliphatic hydroxyl groups excluding tert-OH is 1. The zero-order valence-electron chi connectivity index (χ0n) is 19.1. The number of hydrogen-bond acceptors (Lipinski definition) is 4. The van der Waals surface area contributed by atoms with E-state index in [1.807, 2.05) is 57.2 Å². The van der Waals surface area contributed by atoms with Crippen molar-refractivity contribution in [2.24, 2.45) is 0 Å². The number of likely N-dealkylation sites (tertiary alicyclic amines) is 1. The van der Waals surface area contributed by atoms with Crippen LogP contribution in [0.5, 0.6) is 5.75 Å². The molecule has 168 valence electrons. The lowest BCUT2D eigenvalue weighted by atomic mass is 9.90. The molecule has 1 saturated heterocycles. The third kappa shape index (κ3) is 4.04. The van der Waals surface area contributed by atoms with E-state index in [1.54, 1.807) is 11.0 Å². The summed E-state index contributed by atoms with van der Waals surface area (Å²) in [6.07, 6.45) is 4.97. The van der Waals surface area contributed by atoms with Crippen molar-refractivity contribution in [3.05, 3.63) is 70.3 Å². The average Bonchev–Trinajstić information content (AvgIpc) is 3.07. The van der Waals surface area contributed by atoms with Gasteiger partial charge >= 0.3 is 0 Å². The molecule has 1 heterocycles. The van der Waals surface area contributed by atoms with E-state index in [0.29, 0.717) is 17.9 Å². The summed E-state index contributed by atoms with van der Waals surface area (Å²) in [6, 6.07) is 12.5. The van der Waals surface area contributed by atoms with E-state index in [-0.39, 0.29) is 17.4 Å². The molecule has 1 unspecified atom stereocenters. The van der Waals surface area contributed by atoms with Crippen LogP contribution in [-0.2, 0) is 9.59 Å². The Labute approximate surface area is 189 Å². The van der Waals surface area contributed by atoms with Crippen molar-refractivity contribution in [3.8, 4) is 5.75 Å². The summed E-state index contributed by atoms with van der Waals surface area (Å²) in [4.78, 5) is 28.3. The monoisotopic (exact) mass is 433 g/mol. The molecule has 5 nitrogen and oxygen atoms in total. The van der Waals surface area contributed by atoms with Crippen LogP contribution in [-0.4, -0.2) is 34.3 Å². The Kier molecular flexibility index (Phi) is 6.35. The Bertz CT molecular complexity index is 1070. The molecule has 2 aromatic carbocycles. The molecule has 0 aromatic heterocycles. The van der Waals surface area contributed by atoms with Crippen LogP contribution in [0, 0.1) is 13.8 Å². The number of benzene rings is 2. The van der Waals surface area contributed by atoms with Gasteiger partial charge in [0.2, 0.25) is 0 Å². The van der Waals surface area contributed by atoms with Gasteiger partial charge in [-0.05, 0) is 68.5 Å². The average molecular weight is 434 g/mol. The summed E-state index contributed by atoms with van der Waals surface area (Å²) < 4.78 is 5.68. The Morgan fingerprint density at radius 1 is 1.03 bits per heavy atom. The van der Waals surface area contributed by atoms with Gasteiger partial charge in [-0.25, -0.2) is 0 Å². The first-order chi connectivity index (χ1) is 15.4. The zero-order chi connectivity index (χ0) is 22.8. The molecule has 1 aliphatic carbocycles. The number of carbonyl (C=O) groups excluding carboxylic acids is 2. The predicted octanol–water partition coefficient (Wildman–Crippen LogP) is 5.46. The van der Waals surface area contributed by atoms with E-state index >= 15 is 0 Å². The molecule has 1 atom stereocenters. The van der Waals surface area contributed by atoms with Gasteiger partial charge in [0.25, 0.3) is 11.7 Å². The van der Waals surface area contributed by atoms with E-state index in [2.05, 4.69) is 0 Å². The van der Waals surface area contributed by atoms with Gasteiger partial charge < -0.3 is 14.7 Å². The molecule has 4 rings (SSSR count). The highest BCUT2D eigenvalue weighted by atomic mass is 16.5. The molecule has 0 bridgehead atoms. The number of rotatable bonds is 5. The van der Waals surface area contributed by atoms with Gasteiger partial charge in [-0.3, -0.25) is 9.59 Å². The maximum atomic E-state index is 13.3. The predicted molar refractivity (Wildman–Crippen MR) is 125 cm³/mol. The van der Waals surface area contributed by atoms with Crippen molar-refractivity contribution < 1.29 is 19.4 Å². The molecule has 2 fully saturated rings. The lowest BCUT2D eigenvalue weighted by molar-refractivity contribution is -0.141. The van der Waals surface area contributed by atoms with E-state index in [0.717, 1.165) is 48.8 Å². The molecular formula is C27H31NO4. The Morgan fingerprint density at radius 2 is 1.78 bits per heavy atom. The van der Waals surface area contributed by atoms with Crippen LogP contribution >= 0.6 is 0 Å². The summed E-state index contributed by atoms with van der Waals surface area (Å²) in [7, 11) is 0. The maximum Gasteiger partial charge on any atom is 0.295 e. The van der Waals surface area contributed by atoms with Gasteiger partial charge in [-0.2, -0.15) is 0 Å². The van der Waals surface area contributed by atoms with Gasteiger partial charge in [-0.15, -0.1) is 0 Å². The van der Waals surface area contributed by atoms with Gasteiger partial charge in [0.05, 0.1) is 18.2 Å². The first-order valence-corrected chi connectivity index (χ1v) is 11.5. The van der Waals surface area contributed by atoms with Crippen molar-refractivity contribution >= 4 is 17.4 Å². The second-order valence-corrected chi connectivity index (χ2v) is 8.80. The van der Waals surface area contributed by atoms with Crippen LogP contribution < -0.4 is 4.74 Å². The first-order valence-electron chi connectivity index (χ1n) is 11.5. The van der Waals surface area contributed by atoms with E-state index in [9.17, 15) is 14.7 Å². The third-order valence-corrected chi connectivity index (χ3v) is 6.71. The van der Waals surface area contributed by atoms with Crippen LogP contribution in [0.3, 0.4) is 0 Å². The fourth-order valence-corrected chi connectivity index (χ4v) is 4.90. The van der Waals surface area contributed by atoms with Gasteiger partial charge in [0.1, 0.15) is 11.5 Å². The number of amides is 1. The molecule has 2 aliphatic rings. The minimum Gasteiger partial charge on any atom is -0.507 e. The number of ketones is 1. The first kappa shape index (κ1) is 22.1. The summed E-state index contributed by atoms with van der Waals surface area (Å²) >= 11 is 0. The van der Waals surface area contributed by atoms with Crippen LogP contribution in [0.2, 0.25) is 0 Å². The van der Waals surface area contributed by atoms with Crippen LogP contribution in [0.1, 0.15) is 67.3 Å². The molecule has 2 aromatic rings. The highest BCUT2D eigenvalue weighted by Crippen LogP contribution is 2.43. The SMILES string of the molecule is CCOc1cccc(C2/C(=C(/O)c3ccc(C)c(C)c3)C(=O)C(=O)N2C2CCCCC2)c1. The topological polar surface area (TPSA) is 66.8 Å². The quantitative estimate of drug-likeness (QED) is 0.386. The third-order valence-electron chi connectivity index (χ3n) is 6.71. The minimum absolute atomic E-state index is 0.00833. The minimum atomic E-state index is -0.625. The van der Waals surface area contributed by atoms with Crippen molar-refractivity contribution in [1.29, 1.82) is 0 Å². The summed E-state index contributed by atoms with van der Waals surface area (Å²) in [6.45, 7) is 6.41. The van der Waals surface area contributed by atoms with E-state index < -0.39 is 17.7 Å². The van der Waals surface area contributed by atoms with Crippen LogP contribution in [0.4, 0.5) is 0 Å². The van der Waals surface area contributed by atoms with E-state index in [4.69, 9.17) is 4.74 Å². The van der Waals surface area contributed by atoms with Crippen molar-refractivity contribution in [3.63, 3.8) is 0 Å². The molecule has 1 aliphatic heterocycles. The highest BCUT2D eigenvalue weighted by Gasteiger charge is 2.48. The molecule has 1 amide bonds. The normalized spacial score (nSPS) is 21.2. The lowest BCUT2D eigenvalue weighted by Crippen LogP contribution is -2.40. The van der Waals surface area contributed by atoms with Gasteiger partial charge in [-0.1, -0.05) is 43.5 Å². The molecule has 1 N–H and O–H groups in total. The van der Waals surface area contributed by atoms with Gasteiger partial charge in [0, 0.05) is 11.6 Å². The number of hydrogen-bond donors (Lipinski definition) is 1. The molecule has 32 heavy (non-hydrogen) atoms. The highest BCUT2D eigenvalue weighted by molar-refractivity contribution is 6.46. The number of aliphatic hydroxyl groups is 1. The number of nitrogens with zero attached hydrogens (tertiary/aromatic N) is 1. The standard InChI is InChI=1S/C27H31NO4/c1-4-32-22-12-8-9-19(16-22)24-23(25(29)20-14-13-17(2)18(3)15-20)26(30)27(31)28(24)21-10-6-5-7-11-21/h8-9,12-16,21,24,29H,4-7,10-11H2,1-3H3/b25-23-. The molecule has 0 radical (unpaired) electrons. The number of carbonyl (C=O) groups is 2. The van der Waals surface area contributed by atoms with Crippen molar-refractivity contribution in [2.75, 3.05) is 6.61 Å². The second kappa shape index (κ2) is 9.19. The van der Waals surface area contributed by atoms with Gasteiger partial charge in [0.15, 0.2) is 0 Å². The molecular weight excluding hydrogens is 402 g/mol. The summed E-state index contributed by atoms with van der Waals surface area (Å²) in [5.74, 6) is -0.561. The Hall–Kier alpha value is -3.08. The van der Waals surface area contributed by atoms with Crippen LogP contribution in [0.15, 0.2) is 48.0 Å². The number of aryl methyl sites for hydroxylation is 2. The number of ether oxygens (including phenoxy) is 1.